The Morgan fingerprint density at radius 1 is 1.32 bits per heavy atom. The Morgan fingerprint density at radius 3 is 3.12 bits per heavy atom. The topological polar surface area (TPSA) is 63.1 Å². The number of benzene rings is 1. The Balaban J connectivity index is 1.36. The highest BCUT2D eigenvalue weighted by Gasteiger charge is 2.27. The molecule has 2 aliphatic rings. The van der Waals surface area contributed by atoms with E-state index >= 15 is 0 Å². The van der Waals surface area contributed by atoms with E-state index in [9.17, 15) is 4.79 Å². The van der Waals surface area contributed by atoms with Crippen LogP contribution in [0.5, 0.6) is 0 Å². The molecule has 2 atom stereocenters. The standard InChI is InChI=1S/C19H25N5O/c1-23(17-8-4-6-14-5-2-3-7-16(14)17)19(25)11-20-15-9-10-18-21-13-22-24(18)12-15/h2-3,5,7,13,15,17,20H,4,6,8-12H2,1H3/t15-,17+/m1/s1. The van der Waals surface area contributed by atoms with Gasteiger partial charge in [-0.05, 0) is 36.8 Å². The molecule has 0 saturated heterocycles. The highest BCUT2D eigenvalue weighted by Crippen LogP contribution is 2.33. The average Bonchev–Trinajstić information content (AvgIpc) is 3.13. The summed E-state index contributed by atoms with van der Waals surface area (Å²) < 4.78 is 1.94. The van der Waals surface area contributed by atoms with E-state index < -0.39 is 0 Å². The van der Waals surface area contributed by atoms with Crippen molar-refractivity contribution in [3.05, 3.63) is 47.5 Å². The van der Waals surface area contributed by atoms with Gasteiger partial charge in [0.2, 0.25) is 5.91 Å². The number of rotatable bonds is 4. The van der Waals surface area contributed by atoms with Crippen molar-refractivity contribution in [1.29, 1.82) is 0 Å². The Hall–Kier alpha value is -2.21. The van der Waals surface area contributed by atoms with Crippen LogP contribution < -0.4 is 5.32 Å². The highest BCUT2D eigenvalue weighted by molar-refractivity contribution is 5.78. The molecule has 0 fully saturated rings. The largest absolute Gasteiger partial charge is 0.338 e. The molecule has 2 heterocycles. The maximum atomic E-state index is 12.7. The summed E-state index contributed by atoms with van der Waals surface area (Å²) in [6.45, 7) is 1.17. The molecular formula is C19H25N5O. The van der Waals surface area contributed by atoms with Crippen LogP contribution in [0.2, 0.25) is 0 Å². The molecule has 0 bridgehead atoms. The van der Waals surface area contributed by atoms with Crippen LogP contribution in [0.3, 0.4) is 0 Å². The van der Waals surface area contributed by atoms with E-state index in [0.717, 1.165) is 44.5 Å². The molecule has 0 spiro atoms. The van der Waals surface area contributed by atoms with Crippen molar-refractivity contribution in [3.8, 4) is 0 Å². The van der Waals surface area contributed by atoms with E-state index in [0.29, 0.717) is 6.54 Å². The number of hydrogen-bond donors (Lipinski definition) is 1. The third kappa shape index (κ3) is 3.31. The second kappa shape index (κ2) is 6.96. The zero-order valence-electron chi connectivity index (χ0n) is 14.7. The van der Waals surface area contributed by atoms with Crippen LogP contribution in [-0.2, 0) is 24.2 Å². The van der Waals surface area contributed by atoms with Crippen molar-refractivity contribution in [1.82, 2.24) is 25.0 Å². The number of nitrogens with one attached hydrogen (secondary N) is 1. The van der Waals surface area contributed by atoms with Gasteiger partial charge in [-0.15, -0.1) is 0 Å². The number of fused-ring (bicyclic) bond motifs is 2. The first-order valence-corrected chi connectivity index (χ1v) is 9.16. The Bertz CT molecular complexity index is 756. The summed E-state index contributed by atoms with van der Waals surface area (Å²) in [7, 11) is 1.94. The summed E-state index contributed by atoms with van der Waals surface area (Å²) in [5.74, 6) is 1.20. The number of amides is 1. The summed E-state index contributed by atoms with van der Waals surface area (Å²) in [5.41, 5.74) is 2.70. The van der Waals surface area contributed by atoms with Crippen molar-refractivity contribution in [2.24, 2.45) is 0 Å². The number of carbonyl (C=O) groups is 1. The molecule has 0 unspecified atom stereocenters. The van der Waals surface area contributed by atoms with E-state index in [1.54, 1.807) is 6.33 Å². The molecule has 2 aromatic rings. The number of aryl methyl sites for hydroxylation is 2. The van der Waals surface area contributed by atoms with Crippen LogP contribution in [0, 0.1) is 0 Å². The number of carbonyl (C=O) groups excluding carboxylic acids is 1. The fraction of sp³-hybridized carbons (Fsp3) is 0.526. The van der Waals surface area contributed by atoms with Gasteiger partial charge in [-0.3, -0.25) is 4.79 Å². The third-order valence-electron chi connectivity index (χ3n) is 5.55. The van der Waals surface area contributed by atoms with Crippen LogP contribution in [0.25, 0.3) is 0 Å². The van der Waals surface area contributed by atoms with Gasteiger partial charge in [-0.25, -0.2) is 9.67 Å². The van der Waals surface area contributed by atoms with Gasteiger partial charge in [-0.1, -0.05) is 24.3 Å². The third-order valence-corrected chi connectivity index (χ3v) is 5.55. The van der Waals surface area contributed by atoms with Crippen molar-refractivity contribution in [2.75, 3.05) is 13.6 Å². The lowest BCUT2D eigenvalue weighted by atomic mass is 9.87. The smallest absolute Gasteiger partial charge is 0.236 e. The van der Waals surface area contributed by atoms with Crippen LogP contribution in [0.4, 0.5) is 0 Å². The Labute approximate surface area is 148 Å². The van der Waals surface area contributed by atoms with E-state index in [-0.39, 0.29) is 18.0 Å². The maximum Gasteiger partial charge on any atom is 0.236 e. The van der Waals surface area contributed by atoms with Crippen LogP contribution in [0.15, 0.2) is 30.6 Å². The van der Waals surface area contributed by atoms with Crippen LogP contribution in [-0.4, -0.2) is 45.2 Å². The zero-order chi connectivity index (χ0) is 17.2. The van der Waals surface area contributed by atoms with Gasteiger partial charge in [0.05, 0.1) is 19.1 Å². The molecule has 6 nitrogen and oxygen atoms in total. The Morgan fingerprint density at radius 2 is 2.20 bits per heavy atom. The van der Waals surface area contributed by atoms with Gasteiger partial charge in [0, 0.05) is 19.5 Å². The zero-order valence-corrected chi connectivity index (χ0v) is 14.7. The van der Waals surface area contributed by atoms with E-state index in [1.165, 1.54) is 11.1 Å². The minimum Gasteiger partial charge on any atom is -0.338 e. The predicted molar refractivity (Wildman–Crippen MR) is 95.0 cm³/mol. The average molecular weight is 339 g/mol. The van der Waals surface area contributed by atoms with E-state index in [2.05, 4.69) is 39.7 Å². The second-order valence-corrected chi connectivity index (χ2v) is 7.09. The number of nitrogens with zero attached hydrogens (tertiary/aromatic N) is 4. The van der Waals surface area contributed by atoms with Crippen LogP contribution >= 0.6 is 0 Å². The van der Waals surface area contributed by atoms with Gasteiger partial charge < -0.3 is 10.2 Å². The lowest BCUT2D eigenvalue weighted by Gasteiger charge is -2.34. The predicted octanol–water partition coefficient (Wildman–Crippen LogP) is 1.72. The van der Waals surface area contributed by atoms with Gasteiger partial charge in [0.1, 0.15) is 12.2 Å². The molecule has 132 valence electrons. The molecule has 6 heteroatoms. The van der Waals surface area contributed by atoms with Crippen molar-refractivity contribution in [3.63, 3.8) is 0 Å². The van der Waals surface area contributed by atoms with Gasteiger partial charge in [0.25, 0.3) is 0 Å². The first kappa shape index (κ1) is 16.3. The first-order valence-electron chi connectivity index (χ1n) is 9.16. The van der Waals surface area contributed by atoms with Gasteiger partial charge in [-0.2, -0.15) is 5.10 Å². The molecule has 1 aromatic carbocycles. The summed E-state index contributed by atoms with van der Waals surface area (Å²) in [5, 5.41) is 7.65. The summed E-state index contributed by atoms with van der Waals surface area (Å²) in [6, 6.07) is 9.01. The molecular weight excluding hydrogens is 314 g/mol. The number of likely N-dealkylation sites (N-methyl/N-ethyl adjacent to an activating group) is 1. The minimum atomic E-state index is 0.158. The molecule has 25 heavy (non-hydrogen) atoms. The molecule has 1 aliphatic heterocycles. The number of aromatic nitrogens is 3. The molecule has 0 saturated carbocycles. The minimum absolute atomic E-state index is 0.158. The number of hydrogen-bond acceptors (Lipinski definition) is 4. The van der Waals surface area contributed by atoms with E-state index in [4.69, 9.17) is 0 Å². The lowest BCUT2D eigenvalue weighted by Crippen LogP contribution is -2.45. The molecule has 4 rings (SSSR count). The van der Waals surface area contributed by atoms with Crippen LogP contribution in [0.1, 0.15) is 42.3 Å². The monoisotopic (exact) mass is 339 g/mol. The van der Waals surface area contributed by atoms with Crippen molar-refractivity contribution in [2.45, 2.75) is 50.7 Å². The SMILES string of the molecule is CN(C(=O)CN[C@@H]1CCc2ncnn2C1)[C@H]1CCCc2ccccc21. The first-order chi connectivity index (χ1) is 12.2. The Kier molecular flexibility index (Phi) is 4.53. The molecule has 1 aliphatic carbocycles. The maximum absolute atomic E-state index is 12.7. The van der Waals surface area contributed by atoms with Gasteiger partial charge >= 0.3 is 0 Å². The lowest BCUT2D eigenvalue weighted by molar-refractivity contribution is -0.131. The normalized spacial score (nSPS) is 22.1. The fourth-order valence-electron chi connectivity index (χ4n) is 4.06. The van der Waals surface area contributed by atoms with Gasteiger partial charge in [0.15, 0.2) is 0 Å². The van der Waals surface area contributed by atoms with Crippen molar-refractivity contribution >= 4 is 5.91 Å². The molecule has 0 radical (unpaired) electrons. The molecule has 1 N–H and O–H groups in total. The summed E-state index contributed by atoms with van der Waals surface area (Å²) in [4.78, 5) is 18.9. The molecule has 1 amide bonds. The van der Waals surface area contributed by atoms with E-state index in [1.807, 2.05) is 16.6 Å². The summed E-state index contributed by atoms with van der Waals surface area (Å²) in [6.07, 6.45) is 6.83. The quantitative estimate of drug-likeness (QED) is 0.921. The summed E-state index contributed by atoms with van der Waals surface area (Å²) >= 11 is 0. The van der Waals surface area contributed by atoms with Crippen molar-refractivity contribution < 1.29 is 4.79 Å². The molecule has 1 aromatic heterocycles. The second-order valence-electron chi connectivity index (χ2n) is 7.09. The fourth-order valence-corrected chi connectivity index (χ4v) is 4.06. The highest BCUT2D eigenvalue weighted by atomic mass is 16.2.